The first-order valence-corrected chi connectivity index (χ1v) is 3.45. The van der Waals surface area contributed by atoms with Crippen LogP contribution in [0.5, 0.6) is 0 Å². The summed E-state index contributed by atoms with van der Waals surface area (Å²) in [6, 6.07) is 0.273. The number of nitrogens with zero attached hydrogens (tertiary/aromatic N) is 1. The average Bonchev–Trinajstić information content (AvgIpc) is 2.59. The minimum atomic E-state index is 0.252. The van der Waals surface area contributed by atoms with Gasteiger partial charge in [-0.25, -0.2) is 0 Å². The van der Waals surface area contributed by atoms with Gasteiger partial charge in [0.2, 0.25) is 0 Å². The molecule has 0 aromatic heterocycles. The van der Waals surface area contributed by atoms with Gasteiger partial charge in [0, 0.05) is 13.0 Å². The maximum atomic E-state index is 5.28. The van der Waals surface area contributed by atoms with E-state index in [1.165, 1.54) is 0 Å². The van der Waals surface area contributed by atoms with Crippen molar-refractivity contribution in [1.29, 1.82) is 0 Å². The molecule has 3 heteroatoms. The fourth-order valence-electron chi connectivity index (χ4n) is 1.19. The highest BCUT2D eigenvalue weighted by Crippen LogP contribution is 2.15. The molecule has 2 rings (SSSR count). The number of ether oxygens (including phenoxy) is 1. The van der Waals surface area contributed by atoms with Crippen molar-refractivity contribution in [2.24, 2.45) is 4.99 Å². The van der Waals surface area contributed by atoms with Gasteiger partial charge < -0.3 is 10.1 Å². The van der Waals surface area contributed by atoms with E-state index in [0.717, 1.165) is 13.0 Å². The molecule has 2 atom stereocenters. The minimum absolute atomic E-state index is 0.252. The Labute approximate surface area is 59.8 Å². The maximum Gasteiger partial charge on any atom is 0.164 e. The zero-order valence-electron chi connectivity index (χ0n) is 5.58. The van der Waals surface area contributed by atoms with Crippen LogP contribution in [-0.4, -0.2) is 25.0 Å². The summed E-state index contributed by atoms with van der Waals surface area (Å²) in [7, 11) is 0. The average molecular weight is 137 g/mol. The van der Waals surface area contributed by atoms with E-state index in [-0.39, 0.29) is 12.1 Å². The van der Waals surface area contributed by atoms with Crippen molar-refractivity contribution in [3.63, 3.8) is 0 Å². The van der Waals surface area contributed by atoms with Crippen molar-refractivity contribution in [2.75, 3.05) is 6.54 Å². The monoisotopic (exact) mass is 137 g/mol. The summed E-state index contributed by atoms with van der Waals surface area (Å²) in [5, 5.41) is 2.92. The van der Waals surface area contributed by atoms with Gasteiger partial charge in [0.1, 0.15) is 12.1 Å². The molecule has 0 aromatic carbocycles. The van der Waals surface area contributed by atoms with E-state index < -0.39 is 0 Å². The predicted octanol–water partition coefficient (Wildman–Crippen LogP) is 0.166. The summed E-state index contributed by atoms with van der Waals surface area (Å²) in [6.07, 6.45) is 7.73. The van der Waals surface area contributed by atoms with E-state index in [9.17, 15) is 0 Å². The minimum Gasteiger partial charge on any atom is -0.496 e. The van der Waals surface area contributed by atoms with Crippen LogP contribution in [-0.2, 0) is 4.74 Å². The third kappa shape index (κ3) is 0.875. The van der Waals surface area contributed by atoms with Gasteiger partial charge in [-0.05, 0) is 6.08 Å². The zero-order chi connectivity index (χ0) is 6.81. The molecule has 0 saturated carbocycles. The smallest absolute Gasteiger partial charge is 0.164 e. The lowest BCUT2D eigenvalue weighted by atomic mass is 10.1. The summed E-state index contributed by atoms with van der Waals surface area (Å²) in [4.78, 5) is 4.09. The quantitative estimate of drug-likeness (QED) is 0.558. The second kappa shape index (κ2) is 2.33. The topological polar surface area (TPSA) is 33.6 Å². The Morgan fingerprint density at radius 1 is 1.70 bits per heavy atom. The van der Waals surface area contributed by atoms with E-state index >= 15 is 0 Å². The lowest BCUT2D eigenvalue weighted by Gasteiger charge is -2.13. The molecule has 3 nitrogen and oxygen atoms in total. The van der Waals surface area contributed by atoms with Crippen molar-refractivity contribution in [1.82, 2.24) is 5.32 Å². The maximum absolute atomic E-state index is 5.28. The molecular formula is C7H9N2O. The normalized spacial score (nSPS) is 36.0. The van der Waals surface area contributed by atoms with Crippen molar-refractivity contribution >= 4 is 6.34 Å². The molecule has 2 aliphatic rings. The molecule has 0 aliphatic carbocycles. The summed E-state index contributed by atoms with van der Waals surface area (Å²) in [6.45, 7) is 0.867. The molecule has 1 N–H and O–H groups in total. The highest BCUT2D eigenvalue weighted by Gasteiger charge is 2.24. The van der Waals surface area contributed by atoms with Gasteiger partial charge in [0.25, 0.3) is 0 Å². The Balaban J connectivity index is 1.93. The number of nitrogens with one attached hydrogen (secondary N) is 1. The lowest BCUT2D eigenvalue weighted by Crippen LogP contribution is -2.28. The third-order valence-electron chi connectivity index (χ3n) is 1.77. The Morgan fingerprint density at radius 3 is 3.30 bits per heavy atom. The summed E-state index contributed by atoms with van der Waals surface area (Å²) < 4.78 is 5.28. The number of rotatable bonds is 1. The number of hydrogen-bond acceptors (Lipinski definition) is 3. The van der Waals surface area contributed by atoms with Crippen LogP contribution in [0.2, 0.25) is 0 Å². The molecule has 10 heavy (non-hydrogen) atoms. The van der Waals surface area contributed by atoms with Crippen LogP contribution in [0.15, 0.2) is 17.3 Å². The van der Waals surface area contributed by atoms with Gasteiger partial charge in [0.15, 0.2) is 6.34 Å². The van der Waals surface area contributed by atoms with Gasteiger partial charge >= 0.3 is 0 Å². The van der Waals surface area contributed by atoms with E-state index in [4.69, 9.17) is 4.74 Å². The second-order valence-electron chi connectivity index (χ2n) is 2.47. The molecule has 0 amide bonds. The van der Waals surface area contributed by atoms with E-state index in [2.05, 4.69) is 16.6 Å². The van der Waals surface area contributed by atoms with Gasteiger partial charge in [-0.2, -0.15) is 0 Å². The first-order valence-electron chi connectivity index (χ1n) is 3.45. The van der Waals surface area contributed by atoms with Gasteiger partial charge in [-0.1, -0.05) is 0 Å². The fourth-order valence-corrected chi connectivity index (χ4v) is 1.19. The molecule has 0 fully saturated rings. The highest BCUT2D eigenvalue weighted by atomic mass is 16.5. The molecule has 53 valence electrons. The van der Waals surface area contributed by atoms with Crippen molar-refractivity contribution in [3.8, 4) is 0 Å². The van der Waals surface area contributed by atoms with Crippen LogP contribution in [0.25, 0.3) is 0 Å². The Hall–Kier alpha value is -0.990. The van der Waals surface area contributed by atoms with Gasteiger partial charge in [-0.15, -0.1) is 0 Å². The van der Waals surface area contributed by atoms with Crippen LogP contribution in [0, 0.1) is 0 Å². The molecule has 0 spiro atoms. The molecule has 0 aromatic rings. The third-order valence-corrected chi connectivity index (χ3v) is 1.77. The Bertz CT molecular complexity index is 168. The van der Waals surface area contributed by atoms with E-state index in [1.807, 2.05) is 6.08 Å². The van der Waals surface area contributed by atoms with Crippen LogP contribution < -0.4 is 5.32 Å². The first kappa shape index (κ1) is 5.77. The number of hydrogen-bond donors (Lipinski definition) is 1. The van der Waals surface area contributed by atoms with Crippen LogP contribution in [0.1, 0.15) is 6.42 Å². The largest absolute Gasteiger partial charge is 0.496 e. The summed E-state index contributed by atoms with van der Waals surface area (Å²) in [5.74, 6) is 0. The fraction of sp³-hybridized carbons (Fsp3) is 0.571. The van der Waals surface area contributed by atoms with Crippen LogP contribution >= 0.6 is 0 Å². The first-order chi connectivity index (χ1) is 4.97. The van der Waals surface area contributed by atoms with E-state index in [0.29, 0.717) is 0 Å². The predicted molar refractivity (Wildman–Crippen MR) is 37.9 cm³/mol. The Morgan fingerprint density at radius 2 is 2.70 bits per heavy atom. The molecule has 0 saturated heterocycles. The lowest BCUT2D eigenvalue weighted by molar-refractivity contribution is 0.147. The summed E-state index contributed by atoms with van der Waals surface area (Å²) in [5.41, 5.74) is 0. The molecule has 2 heterocycles. The molecule has 2 unspecified atom stereocenters. The van der Waals surface area contributed by atoms with Gasteiger partial charge in [0.05, 0.1) is 6.26 Å². The Kier molecular flexibility index (Phi) is 1.34. The van der Waals surface area contributed by atoms with Crippen molar-refractivity contribution in [2.45, 2.75) is 18.6 Å². The summed E-state index contributed by atoms with van der Waals surface area (Å²) >= 11 is 0. The standard InChI is InChI=1S/C7H9N2O/c1-2-7(10-3-1)6-4-8-5-9-6/h1,3,6-7H,2,4H2,(H,8,9). The van der Waals surface area contributed by atoms with Crippen LogP contribution in [0.4, 0.5) is 0 Å². The zero-order valence-corrected chi connectivity index (χ0v) is 5.58. The van der Waals surface area contributed by atoms with Crippen molar-refractivity contribution < 1.29 is 4.74 Å². The van der Waals surface area contributed by atoms with E-state index in [1.54, 1.807) is 6.26 Å². The molecule has 1 radical (unpaired) electrons. The molecule has 2 aliphatic heterocycles. The van der Waals surface area contributed by atoms with Crippen molar-refractivity contribution in [3.05, 3.63) is 12.3 Å². The highest BCUT2D eigenvalue weighted by molar-refractivity contribution is 5.57. The molecular weight excluding hydrogens is 128 g/mol. The van der Waals surface area contributed by atoms with Crippen LogP contribution in [0.3, 0.4) is 0 Å². The molecule has 0 bridgehead atoms. The second-order valence-corrected chi connectivity index (χ2v) is 2.47. The van der Waals surface area contributed by atoms with Gasteiger partial charge in [-0.3, -0.25) is 4.99 Å². The number of aliphatic imine (C=N–C) groups is 1. The SMILES string of the molecule is [C]1=NC(C2CC=CO2)CN1.